The zero-order valence-corrected chi connectivity index (χ0v) is 20.7. The van der Waals surface area contributed by atoms with Crippen molar-refractivity contribution in [2.24, 2.45) is 0 Å². The first-order chi connectivity index (χ1) is 15.8. The summed E-state index contributed by atoms with van der Waals surface area (Å²) >= 11 is 0. The number of hydrogen-bond donors (Lipinski definition) is 0. The van der Waals surface area contributed by atoms with E-state index in [1.165, 1.54) is 0 Å². The highest BCUT2D eigenvalue weighted by atomic mass is 16.7. The maximum atomic E-state index is 12.5. The van der Waals surface area contributed by atoms with Crippen molar-refractivity contribution in [1.82, 2.24) is 0 Å². The smallest absolute Gasteiger partial charge is 0.461 e. The molecule has 0 radical (unpaired) electrons. The largest absolute Gasteiger partial charge is 0.489 e. The van der Waals surface area contributed by atoms with Gasteiger partial charge in [0.25, 0.3) is 0 Å². The average Bonchev–Trinajstić information content (AvgIpc) is 3.31. The van der Waals surface area contributed by atoms with E-state index in [0.29, 0.717) is 0 Å². The third-order valence-electron chi connectivity index (χ3n) is 4.23. The molecule has 0 amide bonds. The summed E-state index contributed by atoms with van der Waals surface area (Å²) in [6.45, 7) is 13.0. The van der Waals surface area contributed by atoms with Crippen LogP contribution in [0.1, 0.15) is 55.4 Å². The highest BCUT2D eigenvalue weighted by Crippen LogP contribution is 2.28. The Hall–Kier alpha value is -2.15. The lowest BCUT2D eigenvalue weighted by Gasteiger charge is -2.18. The van der Waals surface area contributed by atoms with Crippen LogP contribution in [0.25, 0.3) is 0 Å². The molecule has 0 bridgehead atoms. The van der Waals surface area contributed by atoms with Gasteiger partial charge in [0.05, 0.1) is 24.4 Å². The van der Waals surface area contributed by atoms with Crippen molar-refractivity contribution in [2.75, 3.05) is 0 Å². The lowest BCUT2D eigenvalue weighted by molar-refractivity contribution is -0.167. The van der Waals surface area contributed by atoms with Gasteiger partial charge in [-0.15, -0.1) is 0 Å². The van der Waals surface area contributed by atoms with Crippen molar-refractivity contribution in [1.29, 1.82) is 0 Å². The highest BCUT2D eigenvalue weighted by molar-refractivity contribution is 7.11. The molecule has 0 aromatic rings. The molecule has 2 aliphatic heterocycles. The van der Waals surface area contributed by atoms with E-state index in [-0.39, 0.29) is 0 Å². The van der Waals surface area contributed by atoms with Crippen molar-refractivity contribution in [3.05, 3.63) is 0 Å². The van der Waals surface area contributed by atoms with Crippen LogP contribution in [0.15, 0.2) is 0 Å². The van der Waals surface area contributed by atoms with Gasteiger partial charge in [0.1, 0.15) is 0 Å². The average molecular weight is 486 g/mol. The summed E-state index contributed by atoms with van der Waals surface area (Å²) in [4.78, 5) is 50.2. The molecule has 0 saturated carbocycles. The molecule has 0 aliphatic carbocycles. The Balaban J connectivity index is 2.24. The van der Waals surface area contributed by atoms with E-state index < -0.39 is 86.7 Å². The summed E-state index contributed by atoms with van der Waals surface area (Å²) in [6, 6.07) is 0. The van der Waals surface area contributed by atoms with E-state index in [2.05, 4.69) is 0 Å². The second-order valence-corrected chi connectivity index (χ2v) is 8.91. The quantitative estimate of drug-likeness (QED) is 0.253. The van der Waals surface area contributed by atoms with Gasteiger partial charge in [-0.05, 0) is 55.4 Å². The predicted molar refractivity (Wildman–Crippen MR) is 116 cm³/mol. The fraction of sp³-hybridized carbons (Fsp3) is 0.800. The molecule has 2 fully saturated rings. The first-order valence-corrected chi connectivity index (χ1v) is 11.2. The number of hydrogen-bond acceptors (Lipinski definition) is 12. The monoisotopic (exact) mass is 486 g/mol. The summed E-state index contributed by atoms with van der Waals surface area (Å²) in [6.07, 6.45) is -7.85. The van der Waals surface area contributed by atoms with Crippen LogP contribution in [0.4, 0.5) is 0 Å². The van der Waals surface area contributed by atoms with Crippen LogP contribution in [-0.4, -0.2) is 86.7 Å². The molecule has 14 heteroatoms. The van der Waals surface area contributed by atoms with Crippen molar-refractivity contribution in [3.8, 4) is 0 Å². The van der Waals surface area contributed by atoms with Crippen LogP contribution in [0.5, 0.6) is 0 Å². The van der Waals surface area contributed by atoms with Crippen molar-refractivity contribution >= 4 is 37.9 Å². The molecule has 2 aliphatic rings. The number of esters is 4. The van der Waals surface area contributed by atoms with Gasteiger partial charge in [-0.1, -0.05) is 0 Å². The third-order valence-corrected chi connectivity index (χ3v) is 4.23. The Bertz CT molecular complexity index is 634. The fourth-order valence-electron chi connectivity index (χ4n) is 3.10. The van der Waals surface area contributed by atoms with E-state index in [0.717, 1.165) is 0 Å². The first-order valence-electron chi connectivity index (χ1n) is 11.2. The lowest BCUT2D eigenvalue weighted by Crippen LogP contribution is -2.41. The zero-order valence-electron chi connectivity index (χ0n) is 20.7. The number of carbonyl (C=O) groups excluding carboxylic acids is 4. The highest BCUT2D eigenvalue weighted by Gasteiger charge is 2.62. The standard InChI is InChI=1S/C20H32B2O12/c1-9(2)27-17(23)13-14(18(24)28-10(3)4)32-21(31-13)22-33-15(19(25)29-11(5)6)16(34-22)20(26)30-12(7)8/h9-16H,1-8H3/t13-,14-,15-,16+/m1/s1. The van der Waals surface area contributed by atoms with Gasteiger partial charge in [-0.3, -0.25) is 0 Å². The van der Waals surface area contributed by atoms with Gasteiger partial charge >= 0.3 is 37.9 Å². The van der Waals surface area contributed by atoms with E-state index in [9.17, 15) is 19.2 Å². The van der Waals surface area contributed by atoms with E-state index in [1.807, 2.05) is 0 Å². The van der Waals surface area contributed by atoms with Gasteiger partial charge in [-0.25, -0.2) is 19.2 Å². The van der Waals surface area contributed by atoms with Crippen LogP contribution in [0.3, 0.4) is 0 Å². The molecule has 0 spiro atoms. The minimum atomic E-state index is -1.48. The molecule has 2 heterocycles. The van der Waals surface area contributed by atoms with Crippen LogP contribution in [0.2, 0.25) is 0 Å². The molecule has 34 heavy (non-hydrogen) atoms. The topological polar surface area (TPSA) is 142 Å². The number of ether oxygens (including phenoxy) is 4. The van der Waals surface area contributed by atoms with E-state index in [4.69, 9.17) is 37.6 Å². The van der Waals surface area contributed by atoms with Gasteiger partial charge in [0.2, 0.25) is 0 Å². The summed E-state index contributed by atoms with van der Waals surface area (Å²) in [7, 11) is -2.92. The van der Waals surface area contributed by atoms with E-state index in [1.54, 1.807) is 55.4 Å². The molecule has 190 valence electrons. The zero-order chi connectivity index (χ0) is 25.7. The number of carbonyl (C=O) groups is 4. The van der Waals surface area contributed by atoms with Crippen LogP contribution >= 0.6 is 0 Å². The third kappa shape index (κ3) is 7.42. The summed E-state index contributed by atoms with van der Waals surface area (Å²) in [5.41, 5.74) is 0. The summed E-state index contributed by atoms with van der Waals surface area (Å²) < 4.78 is 43.0. The van der Waals surface area contributed by atoms with Gasteiger partial charge in [0, 0.05) is 0 Å². The molecular formula is C20H32B2O12. The maximum Gasteiger partial charge on any atom is 0.489 e. The number of rotatable bonds is 9. The molecule has 0 aromatic heterocycles. The van der Waals surface area contributed by atoms with Gasteiger partial charge in [0.15, 0.2) is 24.4 Å². The molecule has 0 N–H and O–H groups in total. The van der Waals surface area contributed by atoms with Crippen LogP contribution in [-0.2, 0) is 56.7 Å². The second kappa shape index (κ2) is 12.0. The van der Waals surface area contributed by atoms with Gasteiger partial charge in [-0.2, -0.15) is 0 Å². The molecule has 2 saturated heterocycles. The molecular weight excluding hydrogens is 454 g/mol. The fourth-order valence-corrected chi connectivity index (χ4v) is 3.10. The Morgan fingerprint density at radius 1 is 0.471 bits per heavy atom. The SMILES string of the molecule is CC(C)OC(=O)[C@H]1OB(B2O[C@@H](C(=O)OC(C)C)[C@H](C(=O)OC(C)C)O2)O[C@H]1C(=O)OC(C)C. The van der Waals surface area contributed by atoms with E-state index >= 15 is 0 Å². The molecule has 12 nitrogen and oxygen atoms in total. The first kappa shape index (κ1) is 28.1. The van der Waals surface area contributed by atoms with Gasteiger partial charge < -0.3 is 37.6 Å². The summed E-state index contributed by atoms with van der Waals surface area (Å²) in [5.74, 6) is -3.42. The lowest BCUT2D eigenvalue weighted by atomic mass is 9.49. The predicted octanol–water partition coefficient (Wildman–Crippen LogP) is 0.416. The minimum Gasteiger partial charge on any atom is -0.461 e. The Morgan fingerprint density at radius 3 is 0.794 bits per heavy atom. The maximum absolute atomic E-state index is 12.5. The second-order valence-electron chi connectivity index (χ2n) is 8.91. The van der Waals surface area contributed by atoms with Crippen LogP contribution in [0, 0.1) is 0 Å². The normalized spacial score (nSPS) is 24.8. The molecule has 0 unspecified atom stereocenters. The van der Waals surface area contributed by atoms with Crippen LogP contribution < -0.4 is 0 Å². The molecule has 2 rings (SSSR count). The Kier molecular flexibility index (Phi) is 9.92. The van der Waals surface area contributed by atoms with Crippen molar-refractivity contribution in [2.45, 2.75) is 104 Å². The van der Waals surface area contributed by atoms with Crippen molar-refractivity contribution < 1.29 is 56.7 Å². The summed E-state index contributed by atoms with van der Waals surface area (Å²) in [5, 5.41) is 0. The minimum absolute atomic E-state index is 0.485. The van der Waals surface area contributed by atoms with Crippen molar-refractivity contribution in [3.63, 3.8) is 0 Å². The molecule has 0 aromatic carbocycles. The Morgan fingerprint density at radius 2 is 0.647 bits per heavy atom. The Labute approximate surface area is 199 Å². The molecule has 4 atom stereocenters.